The number of nitrogens with zero attached hydrogens (tertiary/aromatic N) is 2. The average molecular weight is 401 g/mol. The Kier molecular flexibility index (Phi) is 5.26. The van der Waals surface area contributed by atoms with Crippen LogP contribution in [-0.2, 0) is 16.8 Å². The maximum atomic E-state index is 14.2. The van der Waals surface area contributed by atoms with E-state index in [9.17, 15) is 13.2 Å². The lowest BCUT2D eigenvalue weighted by Gasteiger charge is -2.30. The van der Waals surface area contributed by atoms with Gasteiger partial charge in [-0.1, -0.05) is 42.0 Å². The maximum Gasteiger partial charge on any atom is 0.402 e. The number of hydrogen-bond donors (Lipinski definition) is 1. The third-order valence-electron chi connectivity index (χ3n) is 5.39. The first-order chi connectivity index (χ1) is 13.7. The van der Waals surface area contributed by atoms with Crippen LogP contribution < -0.4 is 5.73 Å². The summed E-state index contributed by atoms with van der Waals surface area (Å²) >= 11 is 0. The van der Waals surface area contributed by atoms with Crippen LogP contribution in [0.25, 0.3) is 22.3 Å². The number of aromatic nitrogens is 2. The molecule has 0 bridgehead atoms. The van der Waals surface area contributed by atoms with Crippen LogP contribution in [0.5, 0.6) is 0 Å². The van der Waals surface area contributed by atoms with Gasteiger partial charge in [0.25, 0.3) is 0 Å². The first-order valence-electron chi connectivity index (χ1n) is 9.19. The SMILES string of the molecule is CCn1cc(-c2cc(C)cc3c2-c2ccccc2C3(C)C(F)(F)F)cn1.NC=O. The minimum Gasteiger partial charge on any atom is -0.372 e. The Bertz CT molecular complexity index is 1060. The number of primary amides is 1. The van der Waals surface area contributed by atoms with E-state index in [0.717, 1.165) is 16.7 Å². The van der Waals surface area contributed by atoms with Gasteiger partial charge in [0.2, 0.25) is 6.41 Å². The largest absolute Gasteiger partial charge is 0.402 e. The third-order valence-corrected chi connectivity index (χ3v) is 5.39. The zero-order valence-electron chi connectivity index (χ0n) is 16.4. The van der Waals surface area contributed by atoms with E-state index in [2.05, 4.69) is 10.8 Å². The van der Waals surface area contributed by atoms with Gasteiger partial charge < -0.3 is 5.73 Å². The molecular weight excluding hydrogens is 379 g/mol. The van der Waals surface area contributed by atoms with Crippen LogP contribution in [0.15, 0.2) is 48.8 Å². The molecule has 2 aromatic carbocycles. The number of rotatable bonds is 2. The fraction of sp³-hybridized carbons (Fsp3) is 0.273. The molecule has 1 unspecified atom stereocenters. The number of fused-ring (bicyclic) bond motifs is 3. The van der Waals surface area contributed by atoms with Gasteiger partial charge in [-0.15, -0.1) is 0 Å². The van der Waals surface area contributed by atoms with Crippen molar-refractivity contribution in [2.75, 3.05) is 0 Å². The topological polar surface area (TPSA) is 60.9 Å². The highest BCUT2D eigenvalue weighted by Crippen LogP contribution is 2.58. The molecule has 1 atom stereocenters. The lowest BCUT2D eigenvalue weighted by Crippen LogP contribution is -2.38. The summed E-state index contributed by atoms with van der Waals surface area (Å²) < 4.78 is 44.4. The van der Waals surface area contributed by atoms with Crippen molar-refractivity contribution < 1.29 is 18.0 Å². The molecule has 7 heteroatoms. The predicted octanol–water partition coefficient (Wildman–Crippen LogP) is 4.83. The van der Waals surface area contributed by atoms with E-state index in [0.29, 0.717) is 28.8 Å². The molecule has 3 aromatic rings. The average Bonchev–Trinajstić information content (AvgIpc) is 3.24. The van der Waals surface area contributed by atoms with Crippen molar-refractivity contribution in [1.82, 2.24) is 9.78 Å². The molecule has 1 aliphatic rings. The van der Waals surface area contributed by atoms with E-state index >= 15 is 0 Å². The third kappa shape index (κ3) is 3.20. The molecular formula is C22H22F3N3O. The maximum absolute atomic E-state index is 14.2. The molecule has 0 saturated heterocycles. The van der Waals surface area contributed by atoms with Crippen LogP contribution in [0.4, 0.5) is 13.2 Å². The minimum atomic E-state index is -4.38. The molecule has 2 N–H and O–H groups in total. The molecule has 0 aliphatic heterocycles. The Balaban J connectivity index is 0.000000755. The zero-order valence-corrected chi connectivity index (χ0v) is 16.4. The minimum absolute atomic E-state index is 0.250. The number of carbonyl (C=O) groups is 1. The van der Waals surface area contributed by atoms with Crippen LogP contribution in [0.1, 0.15) is 30.5 Å². The van der Waals surface area contributed by atoms with Crippen LogP contribution in [0.3, 0.4) is 0 Å². The van der Waals surface area contributed by atoms with Crippen molar-refractivity contribution in [2.45, 2.75) is 38.9 Å². The molecule has 1 amide bonds. The molecule has 0 radical (unpaired) electrons. The van der Waals surface area contributed by atoms with Gasteiger partial charge in [0.05, 0.1) is 6.20 Å². The second-order valence-electron chi connectivity index (χ2n) is 7.12. The lowest BCUT2D eigenvalue weighted by atomic mass is 9.78. The Hall–Kier alpha value is -3.09. The van der Waals surface area contributed by atoms with Crippen LogP contribution in [0.2, 0.25) is 0 Å². The molecule has 0 spiro atoms. The standard InChI is InChI=1S/C21H19F3N2.CH3NO/c1-4-26-12-14(11-25-26)16-9-13(2)10-18-19(16)15-7-5-6-8-17(15)20(18,3)21(22,23)24;2-1-3/h5-12H,4H2,1-3H3;1H,(H2,2,3). The second kappa shape index (κ2) is 7.39. The normalized spacial score (nSPS) is 17.2. The number of halogens is 3. The Labute approximate surface area is 167 Å². The first kappa shape index (κ1) is 20.6. The van der Waals surface area contributed by atoms with Gasteiger partial charge in [-0.25, -0.2) is 0 Å². The molecule has 1 aliphatic carbocycles. The van der Waals surface area contributed by atoms with Crippen molar-refractivity contribution in [3.05, 3.63) is 65.5 Å². The van der Waals surface area contributed by atoms with Crippen molar-refractivity contribution in [2.24, 2.45) is 5.73 Å². The number of amides is 1. The molecule has 152 valence electrons. The lowest BCUT2D eigenvalue weighted by molar-refractivity contribution is -0.172. The van der Waals surface area contributed by atoms with Crippen LogP contribution in [0, 0.1) is 6.92 Å². The fourth-order valence-corrected chi connectivity index (χ4v) is 3.96. The van der Waals surface area contributed by atoms with E-state index < -0.39 is 11.6 Å². The number of alkyl halides is 3. The summed E-state index contributed by atoms with van der Waals surface area (Å²) in [6, 6.07) is 10.5. The summed E-state index contributed by atoms with van der Waals surface area (Å²) in [4.78, 5) is 8.58. The highest BCUT2D eigenvalue weighted by Gasteiger charge is 2.58. The van der Waals surface area contributed by atoms with Gasteiger partial charge in [0.15, 0.2) is 0 Å². The molecule has 29 heavy (non-hydrogen) atoms. The van der Waals surface area contributed by atoms with Gasteiger partial charge in [0.1, 0.15) is 5.41 Å². The number of aryl methyl sites for hydroxylation is 2. The summed E-state index contributed by atoms with van der Waals surface area (Å²) in [5, 5.41) is 4.30. The molecule has 0 fully saturated rings. The van der Waals surface area contributed by atoms with Crippen LogP contribution in [-0.4, -0.2) is 22.4 Å². The molecule has 4 nitrogen and oxygen atoms in total. The summed E-state index contributed by atoms with van der Waals surface area (Å²) in [6.45, 7) is 5.82. The van der Waals surface area contributed by atoms with E-state index in [1.807, 2.05) is 26.1 Å². The predicted molar refractivity (Wildman–Crippen MR) is 106 cm³/mol. The van der Waals surface area contributed by atoms with Crippen molar-refractivity contribution in [3.63, 3.8) is 0 Å². The molecule has 1 aromatic heterocycles. The van der Waals surface area contributed by atoms with E-state index in [-0.39, 0.29) is 6.41 Å². The van der Waals surface area contributed by atoms with Crippen molar-refractivity contribution in [1.29, 1.82) is 0 Å². The van der Waals surface area contributed by atoms with E-state index in [1.54, 1.807) is 41.2 Å². The van der Waals surface area contributed by atoms with E-state index in [1.165, 1.54) is 6.92 Å². The van der Waals surface area contributed by atoms with Crippen LogP contribution >= 0.6 is 0 Å². The highest BCUT2D eigenvalue weighted by atomic mass is 19.4. The quantitative estimate of drug-likeness (QED) is 0.626. The van der Waals surface area contributed by atoms with Gasteiger partial charge in [-0.2, -0.15) is 18.3 Å². The Morgan fingerprint density at radius 1 is 1.17 bits per heavy atom. The summed E-state index contributed by atoms with van der Waals surface area (Å²) in [6.07, 6.45) is -0.516. The number of hydrogen-bond acceptors (Lipinski definition) is 2. The van der Waals surface area contributed by atoms with Crippen molar-refractivity contribution in [3.8, 4) is 22.3 Å². The second-order valence-corrected chi connectivity index (χ2v) is 7.12. The monoisotopic (exact) mass is 401 g/mol. The summed E-state index contributed by atoms with van der Waals surface area (Å²) in [7, 11) is 0. The highest BCUT2D eigenvalue weighted by molar-refractivity contribution is 5.93. The smallest absolute Gasteiger partial charge is 0.372 e. The summed E-state index contributed by atoms with van der Waals surface area (Å²) in [5.74, 6) is 0. The number of benzene rings is 2. The number of nitrogens with two attached hydrogens (primary N) is 1. The zero-order chi connectivity index (χ0) is 21.4. The molecule has 4 rings (SSSR count). The Morgan fingerprint density at radius 2 is 1.83 bits per heavy atom. The number of carbonyl (C=O) groups excluding carboxylic acids is 1. The molecule has 1 heterocycles. The van der Waals surface area contributed by atoms with Crippen molar-refractivity contribution >= 4 is 6.41 Å². The van der Waals surface area contributed by atoms with Gasteiger partial charge >= 0.3 is 6.18 Å². The van der Waals surface area contributed by atoms with Gasteiger partial charge in [-0.3, -0.25) is 9.48 Å². The Morgan fingerprint density at radius 3 is 2.41 bits per heavy atom. The van der Waals surface area contributed by atoms with E-state index in [4.69, 9.17) is 4.79 Å². The summed E-state index contributed by atoms with van der Waals surface area (Å²) in [5.41, 5.74) is 6.57. The first-order valence-corrected chi connectivity index (χ1v) is 9.19. The fourth-order valence-electron chi connectivity index (χ4n) is 3.96. The van der Waals surface area contributed by atoms with Gasteiger partial charge in [0, 0.05) is 18.3 Å². The van der Waals surface area contributed by atoms with Gasteiger partial charge in [-0.05, 0) is 48.6 Å². The molecule has 0 saturated carbocycles.